The monoisotopic (exact) mass is 304 g/mol. The number of fused-ring (bicyclic) bond motifs is 1. The molecular weight excluding hydrogens is 284 g/mol. The number of hydrogen-bond acceptors (Lipinski definition) is 4. The van der Waals surface area contributed by atoms with E-state index in [1.54, 1.807) is 4.90 Å². The molecule has 1 amide bonds. The summed E-state index contributed by atoms with van der Waals surface area (Å²) >= 11 is 0. The minimum Gasteiger partial charge on any atom is -0.480 e. The number of amides is 1. The number of carboxylic acids is 1. The first-order chi connectivity index (χ1) is 10.6. The molecule has 0 spiro atoms. The van der Waals surface area contributed by atoms with Crippen LogP contribution in [0.5, 0.6) is 0 Å². The van der Waals surface area contributed by atoms with E-state index in [0.29, 0.717) is 13.0 Å². The number of carbonyl (C=O) groups is 2. The molecule has 1 aromatic rings. The van der Waals surface area contributed by atoms with E-state index >= 15 is 0 Å². The van der Waals surface area contributed by atoms with Crippen LogP contribution in [0.1, 0.15) is 25.3 Å². The summed E-state index contributed by atoms with van der Waals surface area (Å²) in [5.41, 5.74) is 2.04. The number of benzene rings is 1. The molecule has 1 aromatic carbocycles. The van der Waals surface area contributed by atoms with Gasteiger partial charge in [-0.15, -0.1) is 0 Å². The molecule has 2 aliphatic rings. The van der Waals surface area contributed by atoms with Gasteiger partial charge in [0.1, 0.15) is 12.1 Å². The van der Waals surface area contributed by atoms with Crippen molar-refractivity contribution in [2.75, 3.05) is 11.4 Å². The Morgan fingerprint density at radius 3 is 2.86 bits per heavy atom. The van der Waals surface area contributed by atoms with Gasteiger partial charge in [-0.3, -0.25) is 9.69 Å². The van der Waals surface area contributed by atoms with E-state index in [2.05, 4.69) is 5.32 Å². The van der Waals surface area contributed by atoms with Gasteiger partial charge in [-0.25, -0.2) is 4.79 Å². The first-order valence-corrected chi connectivity index (χ1v) is 7.60. The normalized spacial score (nSPS) is 27.3. The van der Waals surface area contributed by atoms with Crippen molar-refractivity contribution in [1.82, 2.24) is 5.32 Å². The Bertz CT molecular complexity index is 589. The summed E-state index contributed by atoms with van der Waals surface area (Å²) in [5.74, 6) is -0.907. The molecule has 6 nitrogen and oxygen atoms in total. The second-order valence-corrected chi connectivity index (χ2v) is 5.93. The number of nitrogens with one attached hydrogen (secondary N) is 1. The molecule has 3 atom stereocenters. The molecule has 2 N–H and O–H groups in total. The number of para-hydroxylation sites is 1. The highest BCUT2D eigenvalue weighted by atomic mass is 16.6. The van der Waals surface area contributed by atoms with Gasteiger partial charge in [0.2, 0.25) is 0 Å². The van der Waals surface area contributed by atoms with Crippen molar-refractivity contribution in [2.45, 2.75) is 44.4 Å². The SMILES string of the molecule is CC1CCc2ccccc2N1C(=O)O[C@H]1CN[C@H](C(=O)O)C1. The predicted molar refractivity (Wildman–Crippen MR) is 81.0 cm³/mol. The lowest BCUT2D eigenvalue weighted by atomic mass is 9.97. The third-order valence-corrected chi connectivity index (χ3v) is 4.38. The van der Waals surface area contributed by atoms with Crippen LogP contribution in [0, 0.1) is 0 Å². The van der Waals surface area contributed by atoms with Gasteiger partial charge in [-0.2, -0.15) is 0 Å². The summed E-state index contributed by atoms with van der Waals surface area (Å²) in [6.45, 7) is 2.39. The highest BCUT2D eigenvalue weighted by Gasteiger charge is 2.35. The molecule has 0 aromatic heterocycles. The van der Waals surface area contributed by atoms with Crippen molar-refractivity contribution in [2.24, 2.45) is 0 Å². The standard InChI is InChI=1S/C16H20N2O4/c1-10-6-7-11-4-2-3-5-14(11)18(10)16(21)22-12-8-13(15(19)20)17-9-12/h2-5,10,12-13,17H,6-9H2,1H3,(H,19,20)/t10?,12-,13+/m1/s1. The summed E-state index contributed by atoms with van der Waals surface area (Å²) in [6.07, 6.45) is 1.37. The van der Waals surface area contributed by atoms with Gasteiger partial charge < -0.3 is 15.2 Å². The summed E-state index contributed by atoms with van der Waals surface area (Å²) in [7, 11) is 0. The molecule has 0 radical (unpaired) electrons. The quantitative estimate of drug-likeness (QED) is 0.870. The van der Waals surface area contributed by atoms with Crippen LogP contribution in [0.25, 0.3) is 0 Å². The molecule has 3 rings (SSSR count). The largest absolute Gasteiger partial charge is 0.480 e. The molecule has 1 fully saturated rings. The predicted octanol–water partition coefficient (Wildman–Crippen LogP) is 1.78. The molecule has 22 heavy (non-hydrogen) atoms. The Balaban J connectivity index is 1.71. The summed E-state index contributed by atoms with van der Waals surface area (Å²) in [5, 5.41) is 11.8. The number of rotatable bonds is 2. The second-order valence-electron chi connectivity index (χ2n) is 5.93. The molecular formula is C16H20N2O4. The Morgan fingerprint density at radius 2 is 2.14 bits per heavy atom. The zero-order chi connectivity index (χ0) is 15.7. The third-order valence-electron chi connectivity index (χ3n) is 4.38. The fourth-order valence-corrected chi connectivity index (χ4v) is 3.15. The van der Waals surface area contributed by atoms with E-state index < -0.39 is 24.2 Å². The van der Waals surface area contributed by atoms with E-state index in [1.165, 1.54) is 0 Å². The first kappa shape index (κ1) is 14.8. The van der Waals surface area contributed by atoms with Gasteiger partial charge in [0.05, 0.1) is 5.69 Å². The van der Waals surface area contributed by atoms with E-state index in [1.807, 2.05) is 31.2 Å². The first-order valence-electron chi connectivity index (χ1n) is 7.60. The van der Waals surface area contributed by atoms with Crippen LogP contribution in [0.3, 0.4) is 0 Å². The van der Waals surface area contributed by atoms with E-state index in [-0.39, 0.29) is 6.04 Å². The summed E-state index contributed by atoms with van der Waals surface area (Å²) < 4.78 is 5.52. The van der Waals surface area contributed by atoms with Crippen LogP contribution in [0.4, 0.5) is 10.5 Å². The average molecular weight is 304 g/mol. The lowest BCUT2D eigenvalue weighted by molar-refractivity contribution is -0.139. The third kappa shape index (κ3) is 2.78. The van der Waals surface area contributed by atoms with Crippen molar-refractivity contribution in [3.8, 4) is 0 Å². The van der Waals surface area contributed by atoms with Gasteiger partial charge in [0, 0.05) is 19.0 Å². The fourth-order valence-electron chi connectivity index (χ4n) is 3.15. The van der Waals surface area contributed by atoms with E-state index in [9.17, 15) is 9.59 Å². The van der Waals surface area contributed by atoms with Crippen LogP contribution in [-0.2, 0) is 16.0 Å². The Morgan fingerprint density at radius 1 is 1.36 bits per heavy atom. The van der Waals surface area contributed by atoms with E-state index in [0.717, 1.165) is 24.1 Å². The highest BCUT2D eigenvalue weighted by Crippen LogP contribution is 2.31. The maximum atomic E-state index is 12.5. The molecule has 0 saturated carbocycles. The van der Waals surface area contributed by atoms with Crippen molar-refractivity contribution in [3.05, 3.63) is 29.8 Å². The number of anilines is 1. The minimum absolute atomic E-state index is 0.0760. The minimum atomic E-state index is -0.907. The fraction of sp³-hybridized carbons (Fsp3) is 0.500. The average Bonchev–Trinajstić information content (AvgIpc) is 2.95. The zero-order valence-electron chi connectivity index (χ0n) is 12.5. The number of ether oxygens (including phenoxy) is 1. The molecule has 2 aliphatic heterocycles. The number of nitrogens with zero attached hydrogens (tertiary/aromatic N) is 1. The van der Waals surface area contributed by atoms with Crippen LogP contribution < -0.4 is 10.2 Å². The highest BCUT2D eigenvalue weighted by molar-refractivity contribution is 5.90. The lowest BCUT2D eigenvalue weighted by Crippen LogP contribution is -2.44. The Kier molecular flexibility index (Phi) is 4.02. The van der Waals surface area contributed by atoms with Crippen molar-refractivity contribution in [3.63, 3.8) is 0 Å². The van der Waals surface area contributed by atoms with Crippen molar-refractivity contribution >= 4 is 17.7 Å². The second kappa shape index (κ2) is 5.96. The molecule has 2 heterocycles. The number of aliphatic carboxylic acids is 1. The summed E-state index contributed by atoms with van der Waals surface area (Å²) in [4.78, 5) is 25.2. The van der Waals surface area contributed by atoms with Crippen LogP contribution in [-0.4, -0.2) is 41.9 Å². The maximum Gasteiger partial charge on any atom is 0.414 e. The van der Waals surface area contributed by atoms with Gasteiger partial charge in [-0.1, -0.05) is 18.2 Å². The van der Waals surface area contributed by atoms with Crippen LogP contribution in [0.2, 0.25) is 0 Å². The number of hydrogen-bond donors (Lipinski definition) is 2. The van der Waals surface area contributed by atoms with Gasteiger partial charge in [-0.05, 0) is 31.4 Å². The van der Waals surface area contributed by atoms with Crippen molar-refractivity contribution in [1.29, 1.82) is 0 Å². The molecule has 1 saturated heterocycles. The number of aryl methyl sites for hydroxylation is 1. The zero-order valence-corrected chi connectivity index (χ0v) is 12.5. The number of carbonyl (C=O) groups excluding carboxylic acids is 1. The molecule has 6 heteroatoms. The van der Waals surface area contributed by atoms with Crippen LogP contribution >= 0.6 is 0 Å². The molecule has 1 unspecified atom stereocenters. The lowest BCUT2D eigenvalue weighted by Gasteiger charge is -2.35. The Labute approximate surface area is 129 Å². The number of carboxylic acid groups (broad SMARTS) is 1. The van der Waals surface area contributed by atoms with E-state index in [4.69, 9.17) is 9.84 Å². The maximum absolute atomic E-state index is 12.5. The van der Waals surface area contributed by atoms with Crippen molar-refractivity contribution < 1.29 is 19.4 Å². The van der Waals surface area contributed by atoms with Gasteiger partial charge in [0.25, 0.3) is 0 Å². The summed E-state index contributed by atoms with van der Waals surface area (Å²) in [6, 6.07) is 7.28. The molecule has 118 valence electrons. The van der Waals surface area contributed by atoms with Gasteiger partial charge >= 0.3 is 12.1 Å². The Hall–Kier alpha value is -2.08. The van der Waals surface area contributed by atoms with Gasteiger partial charge in [0.15, 0.2) is 0 Å². The topological polar surface area (TPSA) is 78.9 Å². The van der Waals surface area contributed by atoms with Crippen LogP contribution in [0.15, 0.2) is 24.3 Å². The smallest absolute Gasteiger partial charge is 0.414 e. The molecule has 0 bridgehead atoms. The molecule has 0 aliphatic carbocycles.